The average molecular weight is 368 g/mol. The van der Waals surface area contributed by atoms with Gasteiger partial charge < -0.3 is 19.7 Å². The number of nitrogens with one attached hydrogen (secondary N) is 1. The molecule has 1 amide bonds. The third-order valence-electron chi connectivity index (χ3n) is 4.88. The summed E-state index contributed by atoms with van der Waals surface area (Å²) in [6.45, 7) is 4.96. The lowest BCUT2D eigenvalue weighted by atomic mass is 10.1. The quantitative estimate of drug-likeness (QED) is 0.894. The molecule has 1 saturated heterocycles. The predicted molar refractivity (Wildman–Crippen MR) is 101 cm³/mol. The second kappa shape index (κ2) is 7.82. The van der Waals surface area contributed by atoms with Crippen molar-refractivity contribution in [2.24, 2.45) is 0 Å². The fraction of sp³-hybridized carbons (Fsp3) is 0.450. The van der Waals surface area contributed by atoms with E-state index in [1.54, 1.807) is 6.20 Å². The first-order valence-corrected chi connectivity index (χ1v) is 9.48. The van der Waals surface area contributed by atoms with Crippen molar-refractivity contribution in [3.8, 4) is 11.5 Å². The highest BCUT2D eigenvalue weighted by molar-refractivity contribution is 5.92. The first kappa shape index (κ1) is 17.6. The van der Waals surface area contributed by atoms with Crippen molar-refractivity contribution >= 4 is 11.7 Å². The first-order valence-electron chi connectivity index (χ1n) is 9.48. The van der Waals surface area contributed by atoms with Crippen LogP contribution in [0, 0.1) is 0 Å². The molecule has 0 spiro atoms. The molecule has 0 saturated carbocycles. The van der Waals surface area contributed by atoms with E-state index in [2.05, 4.69) is 15.3 Å². The Hall–Kier alpha value is -2.83. The van der Waals surface area contributed by atoms with Crippen molar-refractivity contribution in [3.63, 3.8) is 0 Å². The molecule has 2 aliphatic rings. The zero-order valence-corrected chi connectivity index (χ0v) is 15.5. The summed E-state index contributed by atoms with van der Waals surface area (Å²) in [5.74, 6) is 2.08. The fourth-order valence-electron chi connectivity index (χ4n) is 3.38. The van der Waals surface area contributed by atoms with Gasteiger partial charge in [0.25, 0.3) is 5.91 Å². The van der Waals surface area contributed by atoms with Crippen molar-refractivity contribution < 1.29 is 14.3 Å². The van der Waals surface area contributed by atoms with E-state index in [9.17, 15) is 4.79 Å². The Balaban J connectivity index is 1.48. The molecule has 1 atom stereocenters. The Morgan fingerprint density at radius 1 is 1.11 bits per heavy atom. The van der Waals surface area contributed by atoms with E-state index in [0.717, 1.165) is 49.4 Å². The number of carbonyl (C=O) groups excluding carboxylic acids is 1. The minimum Gasteiger partial charge on any atom is -0.490 e. The third kappa shape index (κ3) is 3.97. The number of rotatable bonds is 4. The average Bonchev–Trinajstić information content (AvgIpc) is 3.12. The van der Waals surface area contributed by atoms with E-state index in [4.69, 9.17) is 9.47 Å². The number of hydrogen-bond donors (Lipinski definition) is 1. The molecular formula is C20H24N4O3. The van der Waals surface area contributed by atoms with Gasteiger partial charge in [0.1, 0.15) is 11.5 Å². The molecule has 7 nitrogen and oxygen atoms in total. The number of anilines is 1. The van der Waals surface area contributed by atoms with Gasteiger partial charge in [-0.1, -0.05) is 6.07 Å². The summed E-state index contributed by atoms with van der Waals surface area (Å²) in [7, 11) is 0. The molecular weight excluding hydrogens is 344 g/mol. The Morgan fingerprint density at radius 2 is 1.89 bits per heavy atom. The lowest BCUT2D eigenvalue weighted by Gasteiger charge is -2.18. The van der Waals surface area contributed by atoms with Crippen LogP contribution < -0.4 is 14.8 Å². The lowest BCUT2D eigenvalue weighted by molar-refractivity contribution is 0.0786. The molecule has 1 aromatic carbocycles. The van der Waals surface area contributed by atoms with E-state index in [-0.39, 0.29) is 11.9 Å². The topological polar surface area (TPSA) is 76.6 Å². The van der Waals surface area contributed by atoms with Crippen LogP contribution in [0.5, 0.6) is 11.5 Å². The third-order valence-corrected chi connectivity index (χ3v) is 4.88. The second-order valence-electron chi connectivity index (χ2n) is 6.91. The summed E-state index contributed by atoms with van der Waals surface area (Å²) >= 11 is 0. The minimum absolute atomic E-state index is 0.0198. The number of fused-ring (bicyclic) bond motifs is 1. The summed E-state index contributed by atoms with van der Waals surface area (Å²) < 4.78 is 11.4. The second-order valence-corrected chi connectivity index (χ2v) is 6.91. The van der Waals surface area contributed by atoms with Crippen molar-refractivity contribution in [2.75, 3.05) is 31.6 Å². The fourth-order valence-corrected chi connectivity index (χ4v) is 3.38. The lowest BCUT2D eigenvalue weighted by Crippen LogP contribution is -2.28. The number of carbonyl (C=O) groups is 1. The van der Waals surface area contributed by atoms with Crippen LogP contribution in [0.3, 0.4) is 0 Å². The Morgan fingerprint density at radius 3 is 2.70 bits per heavy atom. The highest BCUT2D eigenvalue weighted by Gasteiger charge is 2.21. The van der Waals surface area contributed by atoms with E-state index in [1.165, 1.54) is 6.20 Å². The van der Waals surface area contributed by atoms with Crippen LogP contribution >= 0.6 is 0 Å². The summed E-state index contributed by atoms with van der Waals surface area (Å²) in [5.41, 5.74) is 1.44. The summed E-state index contributed by atoms with van der Waals surface area (Å²) in [6.07, 6.45) is 6.16. The molecule has 7 heteroatoms. The number of hydrogen-bond acceptors (Lipinski definition) is 6. The SMILES string of the molecule is CC(Nc1cncc(C(=O)N2CCCC2)n1)c1ccc2c(c1)OCCCO2. The van der Waals surface area contributed by atoms with Gasteiger partial charge in [-0.25, -0.2) is 4.98 Å². The van der Waals surface area contributed by atoms with Crippen molar-refractivity contribution in [3.05, 3.63) is 41.9 Å². The molecule has 1 N–H and O–H groups in total. The maximum absolute atomic E-state index is 12.5. The number of ether oxygens (including phenoxy) is 2. The van der Waals surface area contributed by atoms with E-state index < -0.39 is 0 Å². The van der Waals surface area contributed by atoms with Crippen molar-refractivity contribution in [1.29, 1.82) is 0 Å². The summed E-state index contributed by atoms with van der Waals surface area (Å²) in [4.78, 5) is 23.0. The smallest absolute Gasteiger partial charge is 0.274 e. The summed E-state index contributed by atoms with van der Waals surface area (Å²) in [5, 5.41) is 3.33. The molecule has 1 unspecified atom stereocenters. The molecule has 1 aromatic heterocycles. The van der Waals surface area contributed by atoms with Crippen LogP contribution in [0.2, 0.25) is 0 Å². The molecule has 1 fully saturated rings. The van der Waals surface area contributed by atoms with Gasteiger partial charge in [-0.3, -0.25) is 9.78 Å². The molecule has 142 valence electrons. The van der Waals surface area contributed by atoms with Crippen LogP contribution in [0.4, 0.5) is 5.82 Å². The zero-order chi connectivity index (χ0) is 18.6. The Labute approximate surface area is 158 Å². The Bertz CT molecular complexity index is 821. The number of nitrogens with zero attached hydrogens (tertiary/aromatic N) is 3. The van der Waals surface area contributed by atoms with E-state index >= 15 is 0 Å². The van der Waals surface area contributed by atoms with Crippen LogP contribution in [-0.4, -0.2) is 47.1 Å². The standard InChI is InChI=1S/C20H24N4O3/c1-14(15-5-6-17-18(11-15)27-10-4-9-26-17)22-19-13-21-12-16(23-19)20(25)24-7-2-3-8-24/h5-6,11-14H,2-4,7-10H2,1H3,(H,22,23). The monoisotopic (exact) mass is 368 g/mol. The normalized spacial score (nSPS) is 17.3. The highest BCUT2D eigenvalue weighted by Crippen LogP contribution is 2.33. The molecule has 3 heterocycles. The molecule has 0 aliphatic carbocycles. The number of benzene rings is 1. The highest BCUT2D eigenvalue weighted by atomic mass is 16.5. The number of amides is 1. The van der Waals surface area contributed by atoms with Crippen molar-refractivity contribution in [1.82, 2.24) is 14.9 Å². The van der Waals surface area contributed by atoms with Gasteiger partial charge in [-0.05, 0) is 37.5 Å². The van der Waals surface area contributed by atoms with E-state index in [1.807, 2.05) is 30.0 Å². The predicted octanol–water partition coefficient (Wildman–Crippen LogP) is 3.05. The van der Waals surface area contributed by atoms with Crippen LogP contribution in [-0.2, 0) is 0 Å². The molecule has 0 radical (unpaired) electrons. The molecule has 2 aromatic rings. The summed E-state index contributed by atoms with van der Waals surface area (Å²) in [6, 6.07) is 5.92. The van der Waals surface area contributed by atoms with Crippen molar-refractivity contribution in [2.45, 2.75) is 32.2 Å². The minimum atomic E-state index is -0.0492. The van der Waals surface area contributed by atoms with Gasteiger partial charge in [0.15, 0.2) is 11.5 Å². The van der Waals surface area contributed by atoms with Gasteiger partial charge in [0.05, 0.1) is 31.6 Å². The maximum Gasteiger partial charge on any atom is 0.274 e. The molecule has 4 rings (SSSR count). The first-order chi connectivity index (χ1) is 13.2. The van der Waals surface area contributed by atoms with Crippen LogP contribution in [0.1, 0.15) is 48.3 Å². The zero-order valence-electron chi connectivity index (χ0n) is 15.5. The number of aromatic nitrogens is 2. The number of likely N-dealkylation sites (tertiary alicyclic amines) is 1. The molecule has 2 aliphatic heterocycles. The maximum atomic E-state index is 12.5. The van der Waals surface area contributed by atoms with Crippen LogP contribution in [0.25, 0.3) is 0 Å². The van der Waals surface area contributed by atoms with Gasteiger partial charge in [-0.2, -0.15) is 0 Å². The van der Waals surface area contributed by atoms with Gasteiger partial charge in [0.2, 0.25) is 0 Å². The van der Waals surface area contributed by atoms with E-state index in [0.29, 0.717) is 24.7 Å². The van der Waals surface area contributed by atoms with Gasteiger partial charge in [-0.15, -0.1) is 0 Å². The van der Waals surface area contributed by atoms with Gasteiger partial charge in [0, 0.05) is 19.5 Å². The Kier molecular flexibility index (Phi) is 5.09. The van der Waals surface area contributed by atoms with Gasteiger partial charge >= 0.3 is 0 Å². The van der Waals surface area contributed by atoms with Crippen LogP contribution in [0.15, 0.2) is 30.6 Å². The largest absolute Gasteiger partial charge is 0.490 e. The molecule has 27 heavy (non-hydrogen) atoms. The molecule has 0 bridgehead atoms.